The second kappa shape index (κ2) is 4.93. The number of hydrogen-bond donors (Lipinski definition) is 1. The molecule has 0 aliphatic rings. The van der Waals surface area contributed by atoms with Crippen LogP contribution in [0.2, 0.25) is 5.02 Å². The molecule has 0 amide bonds. The molecule has 2 rings (SSSR count). The van der Waals surface area contributed by atoms with E-state index >= 15 is 0 Å². The van der Waals surface area contributed by atoms with Gasteiger partial charge in [-0.15, -0.1) is 0 Å². The molecule has 0 aliphatic carbocycles. The fourth-order valence-electron chi connectivity index (χ4n) is 1.12. The van der Waals surface area contributed by atoms with Crippen LogP contribution in [-0.4, -0.2) is 9.97 Å². The summed E-state index contributed by atoms with van der Waals surface area (Å²) >= 11 is 11.0. The van der Waals surface area contributed by atoms with Crippen molar-refractivity contribution in [1.82, 2.24) is 9.97 Å². The third kappa shape index (κ3) is 2.48. The van der Waals surface area contributed by atoms with E-state index in [0.717, 1.165) is 5.56 Å². The maximum absolute atomic E-state index is 6.01. The summed E-state index contributed by atoms with van der Waals surface area (Å²) in [6.07, 6.45) is 5.12. The van der Waals surface area contributed by atoms with E-state index in [4.69, 9.17) is 23.8 Å². The minimum Gasteiger partial charge on any atom is -0.354 e. The first-order valence-electron chi connectivity index (χ1n) is 4.56. The molecule has 0 atom stereocenters. The van der Waals surface area contributed by atoms with Gasteiger partial charge in [0.15, 0.2) is 0 Å². The molecule has 16 heavy (non-hydrogen) atoms. The van der Waals surface area contributed by atoms with Gasteiger partial charge in [0.05, 0.1) is 9.53 Å². The van der Waals surface area contributed by atoms with Gasteiger partial charge in [-0.3, -0.25) is 4.98 Å². The van der Waals surface area contributed by atoms with Crippen molar-refractivity contribution in [3.05, 3.63) is 57.6 Å². The Hall–Kier alpha value is -1.63. The van der Waals surface area contributed by atoms with Gasteiger partial charge in [0.25, 0.3) is 0 Å². The maximum atomic E-state index is 6.01. The molecule has 0 aliphatic heterocycles. The fourth-order valence-corrected chi connectivity index (χ4v) is 1.46. The van der Waals surface area contributed by atoms with Crippen LogP contribution in [0, 0.1) is 16.4 Å². The first-order chi connectivity index (χ1) is 7.77. The van der Waals surface area contributed by atoms with Crippen molar-refractivity contribution in [2.45, 2.75) is 0 Å². The van der Waals surface area contributed by atoms with E-state index in [-0.39, 0.29) is 0 Å². The Balaban J connectivity index is 2.39. The zero-order valence-corrected chi connectivity index (χ0v) is 9.77. The van der Waals surface area contributed by atoms with Crippen molar-refractivity contribution < 1.29 is 0 Å². The van der Waals surface area contributed by atoms with Gasteiger partial charge >= 0.3 is 0 Å². The summed E-state index contributed by atoms with van der Waals surface area (Å²) in [4.78, 5) is 6.93. The number of halogens is 1. The number of nitrogens with zero attached hydrogens (tertiary/aromatic N) is 1. The van der Waals surface area contributed by atoms with E-state index in [0.29, 0.717) is 15.2 Å². The number of H-pyrrole nitrogens is 1. The van der Waals surface area contributed by atoms with Crippen molar-refractivity contribution in [2.75, 3.05) is 0 Å². The van der Waals surface area contributed by atoms with Gasteiger partial charge in [-0.2, -0.15) is 0 Å². The topological polar surface area (TPSA) is 28.7 Å². The lowest BCUT2D eigenvalue weighted by Gasteiger charge is -1.94. The molecule has 2 aromatic rings. The lowest BCUT2D eigenvalue weighted by atomic mass is 10.2. The summed E-state index contributed by atoms with van der Waals surface area (Å²) in [5.41, 5.74) is 1.46. The standard InChI is InChI=1S/C12H7ClN2S/c13-12-10(15-7-5-11(12)16)4-3-9-2-1-6-14-8-9/h1-2,5-8H,(H,15,16). The van der Waals surface area contributed by atoms with E-state index < -0.39 is 0 Å². The van der Waals surface area contributed by atoms with Crippen LogP contribution in [0.25, 0.3) is 0 Å². The van der Waals surface area contributed by atoms with Crippen molar-refractivity contribution in [1.29, 1.82) is 0 Å². The first kappa shape index (κ1) is 10.9. The van der Waals surface area contributed by atoms with Gasteiger partial charge in [-0.25, -0.2) is 0 Å². The highest BCUT2D eigenvalue weighted by Crippen LogP contribution is 2.13. The summed E-state index contributed by atoms with van der Waals surface area (Å²) in [5, 5.41) is 0.480. The predicted octanol–water partition coefficient (Wildman–Crippen LogP) is 3.19. The highest BCUT2D eigenvalue weighted by molar-refractivity contribution is 7.71. The predicted molar refractivity (Wildman–Crippen MR) is 66.9 cm³/mol. The molecule has 0 spiro atoms. The van der Waals surface area contributed by atoms with E-state index in [1.165, 1.54) is 0 Å². The normalized spacial score (nSPS) is 9.31. The summed E-state index contributed by atoms with van der Waals surface area (Å²) in [5.74, 6) is 5.88. The number of hydrogen-bond acceptors (Lipinski definition) is 2. The van der Waals surface area contributed by atoms with Crippen LogP contribution in [-0.2, 0) is 0 Å². The van der Waals surface area contributed by atoms with Crippen molar-refractivity contribution in [3.63, 3.8) is 0 Å². The molecular weight excluding hydrogens is 240 g/mol. The molecule has 2 aromatic heterocycles. The molecule has 78 valence electrons. The number of pyridine rings is 2. The third-order valence-corrected chi connectivity index (χ3v) is 2.74. The monoisotopic (exact) mass is 246 g/mol. The van der Waals surface area contributed by atoms with Crippen LogP contribution in [0.3, 0.4) is 0 Å². The first-order valence-corrected chi connectivity index (χ1v) is 5.35. The second-order valence-corrected chi connectivity index (χ2v) is 3.84. The lowest BCUT2D eigenvalue weighted by Crippen LogP contribution is -1.84. The number of aromatic amines is 1. The molecule has 0 aromatic carbocycles. The molecule has 2 heterocycles. The van der Waals surface area contributed by atoms with Gasteiger partial charge in [0, 0.05) is 24.2 Å². The van der Waals surface area contributed by atoms with Gasteiger partial charge in [0.2, 0.25) is 0 Å². The molecule has 2 nitrogen and oxygen atoms in total. The SMILES string of the molecule is S=c1cc[nH]c(C#Cc2cccnc2)c1Cl. The van der Waals surface area contributed by atoms with E-state index in [2.05, 4.69) is 21.8 Å². The quantitative estimate of drug-likeness (QED) is 0.571. The highest BCUT2D eigenvalue weighted by atomic mass is 35.5. The zero-order valence-electron chi connectivity index (χ0n) is 8.20. The van der Waals surface area contributed by atoms with Crippen LogP contribution < -0.4 is 0 Å². The number of nitrogens with one attached hydrogen (secondary N) is 1. The minimum absolute atomic E-state index is 0.480. The molecule has 0 bridgehead atoms. The lowest BCUT2D eigenvalue weighted by molar-refractivity contribution is 1.28. The molecular formula is C12H7ClN2S. The number of aromatic nitrogens is 2. The fraction of sp³-hybridized carbons (Fsp3) is 0. The van der Waals surface area contributed by atoms with Crippen LogP contribution in [0.15, 0.2) is 36.8 Å². The zero-order chi connectivity index (χ0) is 11.4. The molecule has 1 N–H and O–H groups in total. The van der Waals surface area contributed by atoms with Gasteiger partial charge in [-0.1, -0.05) is 29.7 Å². The Morgan fingerprint density at radius 3 is 2.94 bits per heavy atom. The highest BCUT2D eigenvalue weighted by Gasteiger charge is 1.97. The van der Waals surface area contributed by atoms with Crippen molar-refractivity contribution >= 4 is 23.8 Å². The van der Waals surface area contributed by atoms with Crippen LogP contribution >= 0.6 is 23.8 Å². The molecule has 0 radical (unpaired) electrons. The van der Waals surface area contributed by atoms with Crippen LogP contribution in [0.5, 0.6) is 0 Å². The van der Waals surface area contributed by atoms with E-state index in [1.54, 1.807) is 24.7 Å². The average Bonchev–Trinajstić information content (AvgIpc) is 2.32. The van der Waals surface area contributed by atoms with Crippen molar-refractivity contribution in [3.8, 4) is 11.8 Å². The Kier molecular flexibility index (Phi) is 3.35. The Morgan fingerprint density at radius 1 is 1.31 bits per heavy atom. The number of rotatable bonds is 0. The summed E-state index contributed by atoms with van der Waals surface area (Å²) < 4.78 is 0.593. The average molecular weight is 247 g/mol. The summed E-state index contributed by atoms with van der Waals surface area (Å²) in [6.45, 7) is 0. The minimum atomic E-state index is 0.480. The molecule has 0 saturated heterocycles. The van der Waals surface area contributed by atoms with Gasteiger partial charge in [0.1, 0.15) is 5.69 Å². The maximum Gasteiger partial charge on any atom is 0.110 e. The Morgan fingerprint density at radius 2 is 2.19 bits per heavy atom. The molecule has 4 heteroatoms. The van der Waals surface area contributed by atoms with Gasteiger partial charge in [-0.05, 0) is 24.1 Å². The molecule has 0 fully saturated rings. The smallest absolute Gasteiger partial charge is 0.110 e. The summed E-state index contributed by atoms with van der Waals surface area (Å²) in [7, 11) is 0. The largest absolute Gasteiger partial charge is 0.354 e. The van der Waals surface area contributed by atoms with Crippen molar-refractivity contribution in [2.24, 2.45) is 0 Å². The van der Waals surface area contributed by atoms with E-state index in [1.807, 2.05) is 12.1 Å². The Labute approximate surface area is 103 Å². The summed E-state index contributed by atoms with van der Waals surface area (Å²) in [6, 6.07) is 5.44. The Bertz CT molecular complexity index is 608. The molecule has 0 unspecified atom stereocenters. The van der Waals surface area contributed by atoms with Crippen LogP contribution in [0.1, 0.15) is 11.3 Å². The third-order valence-electron chi connectivity index (χ3n) is 1.89. The second-order valence-electron chi connectivity index (χ2n) is 3.02. The molecule has 0 saturated carbocycles. The van der Waals surface area contributed by atoms with Gasteiger partial charge < -0.3 is 4.98 Å². The van der Waals surface area contributed by atoms with E-state index in [9.17, 15) is 0 Å². The van der Waals surface area contributed by atoms with Crippen LogP contribution in [0.4, 0.5) is 0 Å².